The predicted molar refractivity (Wildman–Crippen MR) is 150 cm³/mol. The fourth-order valence-electron chi connectivity index (χ4n) is 7.19. The van der Waals surface area contributed by atoms with Gasteiger partial charge in [0.05, 0.1) is 11.3 Å². The van der Waals surface area contributed by atoms with Crippen molar-refractivity contribution in [3.63, 3.8) is 0 Å². The number of pyridine rings is 1. The average Bonchev–Trinajstić information content (AvgIpc) is 3.27. The number of aromatic nitrogens is 1. The number of piperidine rings is 1. The quantitative estimate of drug-likeness (QED) is 0.443. The van der Waals surface area contributed by atoms with Gasteiger partial charge in [-0.05, 0) is 49.4 Å². The third kappa shape index (κ3) is 3.96. The molecule has 0 spiro atoms. The maximum atomic E-state index is 13.6. The van der Waals surface area contributed by atoms with Crippen LogP contribution in [-0.2, 0) is 11.3 Å². The van der Waals surface area contributed by atoms with Gasteiger partial charge in [-0.25, -0.2) is 0 Å². The van der Waals surface area contributed by atoms with E-state index in [0.717, 1.165) is 36.9 Å². The Hall–Kier alpha value is -4.20. The largest absolute Gasteiger partial charge is 0.342 e. The second kappa shape index (κ2) is 9.77. The standard InChI is InChI=1S/C32H32N4O4/c37-28(33-18-21-17-22(20-33)26-13-8-15-29(38)35(26)19-21)14-2-1-7-16-34-30-23-9-3-4-10-24(23)32(40)36(30)27-12-6-5-11-25(27)31(34)39/h3-6,8-13,15,21-22,30H,1-2,7,14,16-20H2. The number of rotatable bonds is 6. The lowest BCUT2D eigenvalue weighted by Crippen LogP contribution is -2.49. The van der Waals surface area contributed by atoms with Crippen molar-refractivity contribution in [2.75, 3.05) is 24.5 Å². The van der Waals surface area contributed by atoms with Gasteiger partial charge in [-0.15, -0.1) is 0 Å². The lowest BCUT2D eigenvalue weighted by atomic mass is 9.83. The first-order valence-electron chi connectivity index (χ1n) is 14.3. The number of unbranched alkanes of at least 4 members (excludes halogenated alkanes) is 2. The van der Waals surface area contributed by atoms with Crippen LogP contribution >= 0.6 is 0 Å². The SMILES string of the molecule is O=C(CCCCCN1C(=O)c2ccccc2N2C(=O)c3ccccc3C12)N1CC2CC(C1)c1cccc(=O)n1C2. The third-order valence-corrected chi connectivity index (χ3v) is 9.00. The Morgan fingerprint density at radius 3 is 2.45 bits per heavy atom. The summed E-state index contributed by atoms with van der Waals surface area (Å²) in [7, 11) is 0. The molecule has 4 aliphatic rings. The Balaban J connectivity index is 0.985. The van der Waals surface area contributed by atoms with Crippen molar-refractivity contribution >= 4 is 23.4 Å². The van der Waals surface area contributed by atoms with Crippen molar-refractivity contribution in [1.82, 2.24) is 14.4 Å². The summed E-state index contributed by atoms with van der Waals surface area (Å²) < 4.78 is 1.89. The van der Waals surface area contributed by atoms with Gasteiger partial charge in [0.25, 0.3) is 17.4 Å². The molecule has 2 bridgehead atoms. The van der Waals surface area contributed by atoms with Crippen LogP contribution in [0.5, 0.6) is 0 Å². The molecule has 0 N–H and O–H groups in total. The molecule has 4 aliphatic heterocycles. The minimum absolute atomic E-state index is 0.0521. The van der Waals surface area contributed by atoms with Gasteiger partial charge >= 0.3 is 0 Å². The van der Waals surface area contributed by atoms with Crippen LogP contribution in [0.15, 0.2) is 71.5 Å². The van der Waals surface area contributed by atoms with Crippen molar-refractivity contribution in [2.45, 2.75) is 50.7 Å². The van der Waals surface area contributed by atoms with Crippen LogP contribution in [0.3, 0.4) is 0 Å². The van der Waals surface area contributed by atoms with Gasteiger partial charge < -0.3 is 14.4 Å². The topological polar surface area (TPSA) is 82.9 Å². The highest BCUT2D eigenvalue weighted by atomic mass is 16.2. The van der Waals surface area contributed by atoms with E-state index in [1.807, 2.05) is 69.0 Å². The van der Waals surface area contributed by atoms with Crippen LogP contribution in [0, 0.1) is 5.92 Å². The van der Waals surface area contributed by atoms with Gasteiger partial charge in [-0.2, -0.15) is 0 Å². The van der Waals surface area contributed by atoms with E-state index in [-0.39, 0.29) is 29.2 Å². The number of carbonyl (C=O) groups is 3. The van der Waals surface area contributed by atoms with Crippen LogP contribution in [-0.4, -0.2) is 51.7 Å². The zero-order valence-electron chi connectivity index (χ0n) is 22.4. The molecule has 8 nitrogen and oxygen atoms in total. The molecule has 1 saturated heterocycles. The van der Waals surface area contributed by atoms with Crippen LogP contribution < -0.4 is 10.5 Å². The van der Waals surface area contributed by atoms with E-state index in [4.69, 9.17) is 0 Å². The second-order valence-corrected chi connectivity index (χ2v) is 11.5. The van der Waals surface area contributed by atoms with Crippen LogP contribution in [0.4, 0.5) is 5.69 Å². The van der Waals surface area contributed by atoms with Gasteiger partial charge in [0.1, 0.15) is 6.17 Å². The Bertz CT molecular complexity index is 1580. The molecule has 8 heteroatoms. The molecule has 2 aromatic carbocycles. The van der Waals surface area contributed by atoms with E-state index in [9.17, 15) is 19.2 Å². The highest BCUT2D eigenvalue weighted by molar-refractivity contribution is 6.16. The third-order valence-electron chi connectivity index (χ3n) is 9.00. The number of hydrogen-bond donors (Lipinski definition) is 0. The molecular weight excluding hydrogens is 504 g/mol. The predicted octanol–water partition coefficient (Wildman–Crippen LogP) is 4.17. The maximum absolute atomic E-state index is 13.6. The Morgan fingerprint density at radius 2 is 1.57 bits per heavy atom. The summed E-state index contributed by atoms with van der Waals surface area (Å²) in [5.74, 6) is 0.582. The van der Waals surface area contributed by atoms with E-state index in [1.165, 1.54) is 0 Å². The number of amides is 3. The molecule has 3 amide bonds. The highest BCUT2D eigenvalue weighted by Crippen LogP contribution is 2.45. The molecule has 40 heavy (non-hydrogen) atoms. The molecule has 1 fully saturated rings. The number of carbonyl (C=O) groups excluding carboxylic acids is 3. The number of benzene rings is 2. The van der Waals surface area contributed by atoms with Gasteiger partial charge in [0.15, 0.2) is 0 Å². The van der Waals surface area contributed by atoms with E-state index in [2.05, 4.69) is 0 Å². The fraction of sp³-hybridized carbons (Fsp3) is 0.375. The second-order valence-electron chi connectivity index (χ2n) is 11.5. The summed E-state index contributed by atoms with van der Waals surface area (Å²) in [6.07, 6.45) is 3.40. The number of nitrogens with zero attached hydrogens (tertiary/aromatic N) is 4. The zero-order valence-corrected chi connectivity index (χ0v) is 22.4. The first kappa shape index (κ1) is 24.8. The average molecular weight is 537 g/mol. The maximum Gasteiger partial charge on any atom is 0.260 e. The van der Waals surface area contributed by atoms with Gasteiger partial charge in [0.2, 0.25) is 5.91 Å². The minimum atomic E-state index is -0.434. The normalized spacial score (nSPS) is 22.5. The van der Waals surface area contributed by atoms with Crippen LogP contribution in [0.25, 0.3) is 0 Å². The summed E-state index contributed by atoms with van der Waals surface area (Å²) >= 11 is 0. The van der Waals surface area contributed by atoms with Crippen LogP contribution in [0.2, 0.25) is 0 Å². The van der Waals surface area contributed by atoms with Crippen molar-refractivity contribution in [1.29, 1.82) is 0 Å². The number of hydrogen-bond acceptors (Lipinski definition) is 4. The zero-order chi connectivity index (χ0) is 27.4. The van der Waals surface area contributed by atoms with Crippen molar-refractivity contribution in [3.05, 3.63) is 99.5 Å². The number of anilines is 1. The molecule has 0 saturated carbocycles. The summed E-state index contributed by atoms with van der Waals surface area (Å²) in [4.78, 5) is 57.9. The molecule has 5 heterocycles. The lowest BCUT2D eigenvalue weighted by Gasteiger charge is -2.42. The van der Waals surface area contributed by atoms with Gasteiger partial charge in [0, 0.05) is 61.4 Å². The molecule has 1 aromatic heterocycles. The van der Waals surface area contributed by atoms with Crippen LogP contribution in [0.1, 0.15) is 76.2 Å². The van der Waals surface area contributed by atoms with Gasteiger partial charge in [-0.3, -0.25) is 24.1 Å². The molecule has 3 atom stereocenters. The summed E-state index contributed by atoms with van der Waals surface area (Å²) in [6.45, 7) is 2.59. The molecule has 3 unspecified atom stereocenters. The Kier molecular flexibility index (Phi) is 6.06. The Labute approximate surface area is 232 Å². The summed E-state index contributed by atoms with van der Waals surface area (Å²) in [5, 5.41) is 0. The van der Waals surface area contributed by atoms with Crippen molar-refractivity contribution < 1.29 is 14.4 Å². The van der Waals surface area contributed by atoms with E-state index >= 15 is 0 Å². The first-order valence-corrected chi connectivity index (χ1v) is 14.3. The summed E-state index contributed by atoms with van der Waals surface area (Å²) in [5.41, 5.74) is 3.83. The highest BCUT2D eigenvalue weighted by Gasteiger charge is 2.47. The van der Waals surface area contributed by atoms with Gasteiger partial charge in [-0.1, -0.05) is 42.8 Å². The van der Waals surface area contributed by atoms with E-state index < -0.39 is 6.17 Å². The van der Waals surface area contributed by atoms with Crippen molar-refractivity contribution in [3.8, 4) is 0 Å². The smallest absolute Gasteiger partial charge is 0.260 e. The molecule has 3 aromatic rings. The molecule has 0 radical (unpaired) electrons. The molecule has 0 aliphatic carbocycles. The minimum Gasteiger partial charge on any atom is -0.342 e. The number of para-hydroxylation sites is 1. The fourth-order valence-corrected chi connectivity index (χ4v) is 7.19. The lowest BCUT2D eigenvalue weighted by molar-refractivity contribution is -0.134. The summed E-state index contributed by atoms with van der Waals surface area (Å²) in [6, 6.07) is 20.3. The molecular formula is C32H32N4O4. The number of likely N-dealkylation sites (tertiary alicyclic amines) is 1. The first-order chi connectivity index (χ1) is 19.5. The monoisotopic (exact) mass is 536 g/mol. The van der Waals surface area contributed by atoms with Crippen molar-refractivity contribution in [2.24, 2.45) is 5.92 Å². The Morgan fingerprint density at radius 1 is 0.775 bits per heavy atom. The van der Waals surface area contributed by atoms with E-state index in [1.54, 1.807) is 17.0 Å². The van der Waals surface area contributed by atoms with E-state index in [0.29, 0.717) is 55.3 Å². The number of fused-ring (bicyclic) bond motifs is 9. The molecule has 204 valence electrons. The molecule has 7 rings (SSSR count).